The molecule has 0 heterocycles. The average Bonchev–Trinajstić information content (AvgIpc) is 2.79. The number of anilines is 1. The number of nitro groups is 1. The topological polar surface area (TPSA) is 99.3 Å². The van der Waals surface area contributed by atoms with E-state index in [0.29, 0.717) is 13.1 Å². The van der Waals surface area contributed by atoms with Crippen LogP contribution in [0.5, 0.6) is 0 Å². The zero-order valence-electron chi connectivity index (χ0n) is 16.6. The zero-order valence-corrected chi connectivity index (χ0v) is 16.6. The number of amides is 1. The largest absolute Gasteiger partial charge is 0.367 e. The van der Waals surface area contributed by atoms with Gasteiger partial charge >= 0.3 is 0 Å². The number of benzene rings is 3. The summed E-state index contributed by atoms with van der Waals surface area (Å²) in [7, 11) is 0. The van der Waals surface area contributed by atoms with E-state index in [2.05, 4.69) is 5.32 Å². The van der Waals surface area contributed by atoms with Crippen molar-refractivity contribution in [1.82, 2.24) is 4.90 Å². The second kappa shape index (κ2) is 10.4. The molecule has 154 valence electrons. The smallest absolute Gasteiger partial charge is 0.292 e. The SMILES string of the molecule is N#C/C(=C/N(Cc1ccccc1)Cc1ccccc1)C(=O)Nc1ccccc1[N+](=O)[O-]. The predicted octanol–water partition coefficient (Wildman–Crippen LogP) is 4.64. The van der Waals surface area contributed by atoms with Gasteiger partial charge in [-0.15, -0.1) is 0 Å². The van der Waals surface area contributed by atoms with E-state index in [-0.39, 0.29) is 16.9 Å². The van der Waals surface area contributed by atoms with Crippen molar-refractivity contribution in [2.45, 2.75) is 13.1 Å². The Balaban J connectivity index is 1.86. The third-order valence-corrected chi connectivity index (χ3v) is 4.48. The van der Waals surface area contributed by atoms with Crippen molar-refractivity contribution >= 4 is 17.3 Å². The molecule has 0 fully saturated rings. The predicted molar refractivity (Wildman–Crippen MR) is 118 cm³/mol. The molecule has 0 bridgehead atoms. The highest BCUT2D eigenvalue weighted by atomic mass is 16.6. The first-order valence-corrected chi connectivity index (χ1v) is 9.55. The van der Waals surface area contributed by atoms with Gasteiger partial charge in [0.15, 0.2) is 0 Å². The van der Waals surface area contributed by atoms with E-state index < -0.39 is 10.8 Å². The molecule has 0 spiro atoms. The lowest BCUT2D eigenvalue weighted by Crippen LogP contribution is -2.21. The molecule has 7 nitrogen and oxygen atoms in total. The van der Waals surface area contributed by atoms with Crippen molar-refractivity contribution in [3.05, 3.63) is 118 Å². The lowest BCUT2D eigenvalue weighted by molar-refractivity contribution is -0.383. The molecular weight excluding hydrogens is 392 g/mol. The summed E-state index contributed by atoms with van der Waals surface area (Å²) in [6.07, 6.45) is 1.49. The molecule has 0 saturated heterocycles. The summed E-state index contributed by atoms with van der Waals surface area (Å²) in [4.78, 5) is 25.2. The Bertz CT molecular complexity index is 1080. The summed E-state index contributed by atoms with van der Waals surface area (Å²) in [5.74, 6) is -0.706. The van der Waals surface area contributed by atoms with Gasteiger partial charge in [0.05, 0.1) is 4.92 Å². The summed E-state index contributed by atoms with van der Waals surface area (Å²) in [6.45, 7) is 0.972. The molecule has 1 N–H and O–H groups in total. The first-order valence-electron chi connectivity index (χ1n) is 9.55. The van der Waals surface area contributed by atoms with Gasteiger partial charge in [0.2, 0.25) is 0 Å². The van der Waals surface area contributed by atoms with Gasteiger partial charge in [-0.1, -0.05) is 72.8 Å². The molecule has 0 aliphatic heterocycles. The van der Waals surface area contributed by atoms with Gasteiger partial charge in [-0.3, -0.25) is 14.9 Å². The van der Waals surface area contributed by atoms with Crippen LogP contribution in [0.4, 0.5) is 11.4 Å². The van der Waals surface area contributed by atoms with Crippen molar-refractivity contribution in [1.29, 1.82) is 5.26 Å². The third kappa shape index (κ3) is 6.02. The summed E-state index contributed by atoms with van der Waals surface area (Å²) in [5.41, 5.74) is 1.69. The second-order valence-electron chi connectivity index (χ2n) is 6.76. The van der Waals surface area contributed by atoms with Crippen molar-refractivity contribution in [2.75, 3.05) is 5.32 Å². The fourth-order valence-electron chi connectivity index (χ4n) is 3.03. The van der Waals surface area contributed by atoms with Crippen molar-refractivity contribution < 1.29 is 9.72 Å². The normalized spacial score (nSPS) is 10.7. The molecule has 0 aliphatic rings. The Hall–Kier alpha value is -4.44. The van der Waals surface area contributed by atoms with Crippen LogP contribution in [0.15, 0.2) is 96.7 Å². The molecule has 0 aromatic heterocycles. The molecule has 31 heavy (non-hydrogen) atoms. The Labute approximate surface area is 180 Å². The highest BCUT2D eigenvalue weighted by Crippen LogP contribution is 2.23. The van der Waals surface area contributed by atoms with E-state index in [4.69, 9.17) is 0 Å². The molecule has 0 unspecified atom stereocenters. The van der Waals surface area contributed by atoms with E-state index >= 15 is 0 Å². The fourth-order valence-corrected chi connectivity index (χ4v) is 3.03. The lowest BCUT2D eigenvalue weighted by Gasteiger charge is -2.21. The fraction of sp³-hybridized carbons (Fsp3) is 0.0833. The zero-order chi connectivity index (χ0) is 22.1. The first kappa shape index (κ1) is 21.3. The van der Waals surface area contributed by atoms with E-state index in [0.717, 1.165) is 11.1 Å². The number of para-hydroxylation sites is 2. The molecule has 1 amide bonds. The molecule has 3 rings (SSSR count). The lowest BCUT2D eigenvalue weighted by atomic mass is 10.1. The van der Waals surface area contributed by atoms with Gasteiger partial charge in [-0.25, -0.2) is 0 Å². The molecule has 0 radical (unpaired) electrons. The number of carbonyl (C=O) groups excluding carboxylic acids is 1. The minimum absolute atomic E-state index is 0.0383. The van der Waals surface area contributed by atoms with E-state index in [1.807, 2.05) is 71.6 Å². The maximum absolute atomic E-state index is 12.7. The number of nitriles is 1. The number of nitrogens with one attached hydrogen (secondary N) is 1. The molecule has 3 aromatic rings. The number of hydrogen-bond acceptors (Lipinski definition) is 5. The first-order chi connectivity index (χ1) is 15.1. The Kier molecular flexibility index (Phi) is 7.12. The quantitative estimate of drug-likeness (QED) is 0.251. The summed E-state index contributed by atoms with van der Waals surface area (Å²) in [6, 6.07) is 27.1. The van der Waals surface area contributed by atoms with Gasteiger partial charge < -0.3 is 10.2 Å². The van der Waals surface area contributed by atoms with Gasteiger partial charge in [0.25, 0.3) is 11.6 Å². The standard InChI is InChI=1S/C24H20N4O3/c25-15-21(24(29)26-22-13-7-8-14-23(22)28(30)31)18-27(16-19-9-3-1-4-10-19)17-20-11-5-2-6-12-20/h1-14,18H,16-17H2,(H,26,29)/b21-18-. The number of carbonyl (C=O) groups is 1. The number of rotatable bonds is 8. The van der Waals surface area contributed by atoms with Crippen molar-refractivity contribution in [2.24, 2.45) is 0 Å². The van der Waals surface area contributed by atoms with Crippen LogP contribution in [-0.4, -0.2) is 15.7 Å². The molecular formula is C24H20N4O3. The highest BCUT2D eigenvalue weighted by Gasteiger charge is 2.18. The van der Waals surface area contributed by atoms with Crippen LogP contribution in [0.2, 0.25) is 0 Å². The van der Waals surface area contributed by atoms with Crippen LogP contribution in [0.1, 0.15) is 11.1 Å². The van der Waals surface area contributed by atoms with Gasteiger partial charge in [0.1, 0.15) is 17.3 Å². The molecule has 0 aliphatic carbocycles. The molecule has 0 atom stereocenters. The third-order valence-electron chi connectivity index (χ3n) is 4.48. The van der Waals surface area contributed by atoms with Gasteiger partial charge in [-0.05, 0) is 17.2 Å². The van der Waals surface area contributed by atoms with Crippen LogP contribution >= 0.6 is 0 Å². The number of nitrogens with zero attached hydrogens (tertiary/aromatic N) is 3. The Morgan fingerprint density at radius 3 is 1.97 bits per heavy atom. The van der Waals surface area contributed by atoms with E-state index in [1.165, 1.54) is 24.4 Å². The van der Waals surface area contributed by atoms with Crippen LogP contribution in [-0.2, 0) is 17.9 Å². The van der Waals surface area contributed by atoms with Crippen LogP contribution in [0.25, 0.3) is 0 Å². The molecule has 3 aromatic carbocycles. The van der Waals surface area contributed by atoms with E-state index in [9.17, 15) is 20.2 Å². The summed E-state index contributed by atoms with van der Waals surface area (Å²) < 4.78 is 0. The molecule has 7 heteroatoms. The van der Waals surface area contributed by atoms with Crippen LogP contribution in [0, 0.1) is 21.4 Å². The minimum atomic E-state index is -0.706. The number of hydrogen-bond donors (Lipinski definition) is 1. The Morgan fingerprint density at radius 2 is 1.45 bits per heavy atom. The minimum Gasteiger partial charge on any atom is -0.367 e. The summed E-state index contributed by atoms with van der Waals surface area (Å²) >= 11 is 0. The second-order valence-corrected chi connectivity index (χ2v) is 6.76. The summed E-state index contributed by atoms with van der Waals surface area (Å²) in [5, 5.41) is 23.3. The Morgan fingerprint density at radius 1 is 0.935 bits per heavy atom. The maximum Gasteiger partial charge on any atom is 0.292 e. The van der Waals surface area contributed by atoms with Crippen LogP contribution < -0.4 is 5.32 Å². The average molecular weight is 412 g/mol. The van der Waals surface area contributed by atoms with E-state index in [1.54, 1.807) is 6.07 Å². The highest BCUT2D eigenvalue weighted by molar-refractivity contribution is 6.07. The monoisotopic (exact) mass is 412 g/mol. The number of nitro benzene ring substituents is 1. The van der Waals surface area contributed by atoms with Gasteiger partial charge in [-0.2, -0.15) is 5.26 Å². The van der Waals surface area contributed by atoms with Crippen molar-refractivity contribution in [3.8, 4) is 6.07 Å². The van der Waals surface area contributed by atoms with Gasteiger partial charge in [0, 0.05) is 25.4 Å². The van der Waals surface area contributed by atoms with Crippen LogP contribution in [0.3, 0.4) is 0 Å². The maximum atomic E-state index is 12.7. The van der Waals surface area contributed by atoms with Crippen molar-refractivity contribution in [3.63, 3.8) is 0 Å². The molecule has 0 saturated carbocycles.